The molecule has 0 aliphatic carbocycles. The molecule has 3 heterocycles. The predicted molar refractivity (Wildman–Crippen MR) is 123 cm³/mol. The Hall–Kier alpha value is -4.52. The van der Waals surface area contributed by atoms with Crippen molar-refractivity contribution in [1.82, 2.24) is 14.4 Å². The van der Waals surface area contributed by atoms with Gasteiger partial charge in [-0.2, -0.15) is 0 Å². The summed E-state index contributed by atoms with van der Waals surface area (Å²) in [6.45, 7) is 10.8. The van der Waals surface area contributed by atoms with E-state index in [1.165, 1.54) is 28.7 Å². The Morgan fingerprint density at radius 1 is 1.12 bits per heavy atom. The number of fused-ring (bicyclic) bond motifs is 1. The van der Waals surface area contributed by atoms with Gasteiger partial charge in [0.15, 0.2) is 0 Å². The number of nitrogen functional groups attached to an aromatic ring is 2. The van der Waals surface area contributed by atoms with Gasteiger partial charge in [-0.15, -0.1) is 0 Å². The SMILES string of the molecule is [C-]#[N+]c1c(N)nc(N)nc1N[C@@H](C)c1cc2ccc(F)cn2c(=O)c1-c1cc(C)cc(F)c1. The second-order valence-corrected chi connectivity index (χ2v) is 7.58. The molecule has 3 aromatic heterocycles. The van der Waals surface area contributed by atoms with Crippen LogP contribution >= 0.6 is 0 Å². The van der Waals surface area contributed by atoms with Gasteiger partial charge in [0, 0.05) is 17.8 Å². The number of halogens is 2. The fraction of sp³-hybridized carbons (Fsp3) is 0.130. The molecule has 0 unspecified atom stereocenters. The number of benzene rings is 1. The predicted octanol–water partition coefficient (Wildman–Crippen LogP) is 4.23. The molecule has 4 rings (SSSR count). The Kier molecular flexibility index (Phi) is 5.39. The van der Waals surface area contributed by atoms with E-state index in [-0.39, 0.29) is 28.8 Å². The number of anilines is 3. The summed E-state index contributed by atoms with van der Waals surface area (Å²) in [7, 11) is 0. The highest BCUT2D eigenvalue weighted by molar-refractivity contribution is 5.79. The number of hydrogen-bond donors (Lipinski definition) is 3. The van der Waals surface area contributed by atoms with Gasteiger partial charge in [0.05, 0.1) is 12.1 Å². The summed E-state index contributed by atoms with van der Waals surface area (Å²) in [5.41, 5.74) is 13.0. The highest BCUT2D eigenvalue weighted by Gasteiger charge is 2.21. The molecule has 0 amide bonds. The summed E-state index contributed by atoms with van der Waals surface area (Å²) in [5, 5.41) is 3.06. The number of pyridine rings is 2. The summed E-state index contributed by atoms with van der Waals surface area (Å²) in [6.07, 6.45) is 1.08. The molecule has 0 aliphatic rings. The van der Waals surface area contributed by atoms with Crippen molar-refractivity contribution in [3.63, 3.8) is 0 Å². The number of nitrogens with two attached hydrogens (primary N) is 2. The minimum atomic E-state index is -0.597. The lowest BCUT2D eigenvalue weighted by Crippen LogP contribution is -2.21. The Morgan fingerprint density at radius 2 is 1.88 bits per heavy atom. The maximum atomic E-state index is 14.2. The summed E-state index contributed by atoms with van der Waals surface area (Å²) in [4.78, 5) is 24.7. The van der Waals surface area contributed by atoms with E-state index in [1.54, 1.807) is 26.0 Å². The van der Waals surface area contributed by atoms with Crippen LogP contribution in [-0.4, -0.2) is 14.4 Å². The van der Waals surface area contributed by atoms with Gasteiger partial charge in [0.2, 0.25) is 5.95 Å². The molecule has 166 valence electrons. The molecular weight excluding hydrogens is 428 g/mol. The molecule has 0 spiro atoms. The molecule has 4 aromatic rings. The molecule has 0 saturated carbocycles. The second kappa shape index (κ2) is 8.20. The van der Waals surface area contributed by atoms with Crippen LogP contribution in [0.25, 0.3) is 21.5 Å². The summed E-state index contributed by atoms with van der Waals surface area (Å²) < 4.78 is 29.3. The van der Waals surface area contributed by atoms with Crippen LogP contribution in [0.3, 0.4) is 0 Å². The van der Waals surface area contributed by atoms with Crippen LogP contribution in [0.2, 0.25) is 0 Å². The maximum absolute atomic E-state index is 14.2. The van der Waals surface area contributed by atoms with Crippen molar-refractivity contribution in [3.05, 3.63) is 87.1 Å². The number of rotatable bonds is 4. The lowest BCUT2D eigenvalue weighted by atomic mass is 9.95. The Bertz CT molecular complexity index is 1490. The van der Waals surface area contributed by atoms with Crippen LogP contribution < -0.4 is 22.3 Å². The highest BCUT2D eigenvalue weighted by Crippen LogP contribution is 2.34. The largest absolute Gasteiger partial charge is 0.392 e. The normalized spacial score (nSPS) is 11.8. The number of aromatic nitrogens is 3. The molecule has 0 bridgehead atoms. The highest BCUT2D eigenvalue weighted by atomic mass is 19.1. The number of nitrogens with zero attached hydrogens (tertiary/aromatic N) is 4. The van der Waals surface area contributed by atoms with Gasteiger partial charge >= 0.3 is 0 Å². The van der Waals surface area contributed by atoms with Crippen molar-refractivity contribution in [1.29, 1.82) is 0 Å². The van der Waals surface area contributed by atoms with Crippen LogP contribution in [0.1, 0.15) is 24.1 Å². The smallest absolute Gasteiger partial charge is 0.268 e. The second-order valence-electron chi connectivity index (χ2n) is 7.58. The van der Waals surface area contributed by atoms with Gasteiger partial charge in [0.1, 0.15) is 23.3 Å². The number of aryl methyl sites for hydroxylation is 1. The molecular formula is C23H19F2N7O. The monoisotopic (exact) mass is 447 g/mol. The standard InChI is InChI=1S/C23H19F2N7O/c1-11-6-13(8-15(25)7-11)18-17(9-16-5-4-14(24)10-32(16)22(18)33)12(2)29-21-19(28-3)20(26)30-23(27)31-21/h4-10,12H,1-2H3,(H5,26,27,29,30,31)/t12-/m0/s1. The van der Waals surface area contributed by atoms with Gasteiger partial charge in [0.25, 0.3) is 11.2 Å². The van der Waals surface area contributed by atoms with E-state index in [1.807, 2.05) is 0 Å². The van der Waals surface area contributed by atoms with E-state index in [0.717, 1.165) is 6.20 Å². The van der Waals surface area contributed by atoms with E-state index in [0.29, 0.717) is 22.2 Å². The fourth-order valence-corrected chi connectivity index (χ4v) is 3.75. The molecule has 33 heavy (non-hydrogen) atoms. The zero-order chi connectivity index (χ0) is 23.9. The summed E-state index contributed by atoms with van der Waals surface area (Å²) >= 11 is 0. The van der Waals surface area contributed by atoms with Crippen LogP contribution in [-0.2, 0) is 0 Å². The lowest BCUT2D eigenvalue weighted by molar-refractivity contribution is 0.618. The minimum absolute atomic E-state index is 0.0150. The van der Waals surface area contributed by atoms with E-state index < -0.39 is 23.2 Å². The fourth-order valence-electron chi connectivity index (χ4n) is 3.75. The van der Waals surface area contributed by atoms with Gasteiger partial charge in [-0.05, 0) is 60.9 Å². The lowest BCUT2D eigenvalue weighted by Gasteiger charge is -2.21. The van der Waals surface area contributed by atoms with Crippen LogP contribution in [0.4, 0.5) is 32.1 Å². The average Bonchev–Trinajstić information content (AvgIpc) is 2.73. The molecule has 10 heteroatoms. The first-order chi connectivity index (χ1) is 15.7. The van der Waals surface area contributed by atoms with Crippen LogP contribution in [0.5, 0.6) is 0 Å². The molecule has 8 nitrogen and oxygen atoms in total. The van der Waals surface area contributed by atoms with Crippen LogP contribution in [0, 0.1) is 25.1 Å². The third kappa shape index (κ3) is 4.04. The first-order valence-corrected chi connectivity index (χ1v) is 9.87. The molecule has 1 atom stereocenters. The quantitative estimate of drug-likeness (QED) is 0.403. The van der Waals surface area contributed by atoms with Gasteiger partial charge in [-0.25, -0.2) is 23.6 Å². The van der Waals surface area contributed by atoms with Crippen molar-refractivity contribution >= 4 is 28.8 Å². The Labute approximate surface area is 187 Å². The van der Waals surface area contributed by atoms with Crippen molar-refractivity contribution in [2.24, 2.45) is 0 Å². The Balaban J connectivity index is 1.96. The number of hydrogen-bond acceptors (Lipinski definition) is 6. The summed E-state index contributed by atoms with van der Waals surface area (Å²) in [5.74, 6) is -1.19. The van der Waals surface area contributed by atoms with E-state index in [9.17, 15) is 13.6 Å². The minimum Gasteiger partial charge on any atom is -0.392 e. The van der Waals surface area contributed by atoms with Crippen molar-refractivity contribution in [3.8, 4) is 11.1 Å². The first-order valence-electron chi connectivity index (χ1n) is 9.87. The molecule has 0 radical (unpaired) electrons. The van der Waals surface area contributed by atoms with Gasteiger partial charge in [-0.3, -0.25) is 9.20 Å². The third-order valence-electron chi connectivity index (χ3n) is 5.16. The zero-order valence-electron chi connectivity index (χ0n) is 17.7. The average molecular weight is 447 g/mol. The van der Waals surface area contributed by atoms with Crippen LogP contribution in [0.15, 0.2) is 47.4 Å². The number of nitrogens with one attached hydrogen (secondary N) is 1. The maximum Gasteiger partial charge on any atom is 0.268 e. The van der Waals surface area contributed by atoms with Crippen molar-refractivity contribution in [2.45, 2.75) is 19.9 Å². The summed E-state index contributed by atoms with van der Waals surface area (Å²) in [6, 6.07) is 8.08. The molecule has 5 N–H and O–H groups in total. The topological polar surface area (TPSA) is 116 Å². The Morgan fingerprint density at radius 3 is 2.58 bits per heavy atom. The van der Waals surface area contributed by atoms with Crippen molar-refractivity contribution < 1.29 is 8.78 Å². The zero-order valence-corrected chi connectivity index (χ0v) is 17.7. The molecule has 0 aliphatic heterocycles. The third-order valence-corrected chi connectivity index (χ3v) is 5.16. The van der Waals surface area contributed by atoms with E-state index in [4.69, 9.17) is 18.0 Å². The van der Waals surface area contributed by atoms with E-state index in [2.05, 4.69) is 20.1 Å². The molecule has 0 fully saturated rings. The molecule has 0 saturated heterocycles. The van der Waals surface area contributed by atoms with Gasteiger partial charge in [-0.1, -0.05) is 6.07 Å². The first kappa shape index (κ1) is 21.7. The molecule has 1 aromatic carbocycles. The van der Waals surface area contributed by atoms with Crippen molar-refractivity contribution in [2.75, 3.05) is 16.8 Å². The van der Waals surface area contributed by atoms with E-state index >= 15 is 0 Å². The van der Waals surface area contributed by atoms with Gasteiger partial charge < -0.3 is 16.8 Å².